The number of rotatable bonds is 4. The number of thiol groups is 1. The van der Waals surface area contributed by atoms with E-state index >= 15 is 0 Å². The van der Waals surface area contributed by atoms with Crippen molar-refractivity contribution in [2.45, 2.75) is 11.7 Å². The van der Waals surface area contributed by atoms with E-state index in [1.807, 2.05) is 6.07 Å². The lowest BCUT2D eigenvalue weighted by atomic mass is 9.93. The van der Waals surface area contributed by atoms with E-state index in [0.717, 1.165) is 47.8 Å². The zero-order valence-corrected chi connectivity index (χ0v) is 15.7. The van der Waals surface area contributed by atoms with Crippen molar-refractivity contribution in [3.05, 3.63) is 77.4 Å². The monoisotopic (exact) mass is 362 g/mol. The van der Waals surface area contributed by atoms with Crippen molar-refractivity contribution in [1.82, 2.24) is 5.32 Å². The molecule has 3 nitrogen and oxygen atoms in total. The van der Waals surface area contributed by atoms with E-state index in [-0.39, 0.29) is 5.25 Å². The van der Waals surface area contributed by atoms with Gasteiger partial charge in [-0.25, -0.2) is 0 Å². The molecule has 0 bridgehead atoms. The van der Waals surface area contributed by atoms with Crippen molar-refractivity contribution in [3.8, 4) is 5.75 Å². The molecule has 1 unspecified atom stereocenters. The number of nitrogens with zero attached hydrogens (tertiary/aromatic N) is 1. The highest BCUT2D eigenvalue weighted by atomic mass is 32.1. The number of benzene rings is 3. The molecule has 1 aliphatic heterocycles. The molecule has 132 valence electrons. The minimum atomic E-state index is -0.112. The van der Waals surface area contributed by atoms with E-state index in [0.29, 0.717) is 0 Å². The third kappa shape index (κ3) is 3.06. The first-order chi connectivity index (χ1) is 12.8. The maximum absolute atomic E-state index is 5.69. The summed E-state index contributed by atoms with van der Waals surface area (Å²) in [5.41, 5.74) is 3.35. The van der Waals surface area contributed by atoms with Crippen LogP contribution in [-0.4, -0.2) is 26.0 Å². The van der Waals surface area contributed by atoms with Gasteiger partial charge in [-0.1, -0.05) is 54.6 Å². The Hall–Kier alpha value is -2.46. The number of hydrogen-bond donors (Lipinski definition) is 2. The van der Waals surface area contributed by atoms with Crippen LogP contribution in [0.2, 0.25) is 0 Å². The normalized spacial score (nSPS) is 15.2. The molecule has 0 amide bonds. The van der Waals surface area contributed by atoms with Crippen LogP contribution in [0.25, 0.3) is 10.8 Å². The smallest absolute Gasteiger partial charge is 0.128 e. The number of amidine groups is 1. The van der Waals surface area contributed by atoms with Crippen LogP contribution in [0.1, 0.15) is 28.4 Å². The first-order valence-corrected chi connectivity index (χ1v) is 9.42. The van der Waals surface area contributed by atoms with Crippen LogP contribution in [0.5, 0.6) is 5.75 Å². The Balaban J connectivity index is 1.88. The van der Waals surface area contributed by atoms with Crippen LogP contribution >= 0.6 is 12.6 Å². The molecular formula is C22H22N2OS. The Morgan fingerprint density at radius 2 is 1.85 bits per heavy atom. The lowest BCUT2D eigenvalue weighted by Crippen LogP contribution is -2.31. The molecule has 26 heavy (non-hydrogen) atoms. The first kappa shape index (κ1) is 17.0. The van der Waals surface area contributed by atoms with Crippen molar-refractivity contribution in [2.24, 2.45) is 4.99 Å². The molecule has 0 radical (unpaired) electrons. The fourth-order valence-corrected chi connectivity index (χ4v) is 4.05. The molecule has 0 saturated carbocycles. The van der Waals surface area contributed by atoms with Gasteiger partial charge in [0, 0.05) is 24.2 Å². The van der Waals surface area contributed by atoms with E-state index in [9.17, 15) is 0 Å². The molecule has 4 rings (SSSR count). The second-order valence-electron chi connectivity index (χ2n) is 6.40. The summed E-state index contributed by atoms with van der Waals surface area (Å²) >= 11 is 5.04. The highest BCUT2D eigenvalue weighted by molar-refractivity contribution is 7.80. The van der Waals surface area contributed by atoms with E-state index in [2.05, 4.69) is 64.9 Å². The van der Waals surface area contributed by atoms with Gasteiger partial charge in [0.05, 0.1) is 12.4 Å². The Morgan fingerprint density at radius 1 is 1.04 bits per heavy atom. The van der Waals surface area contributed by atoms with E-state index in [1.165, 1.54) is 10.8 Å². The van der Waals surface area contributed by atoms with Crippen molar-refractivity contribution >= 4 is 29.2 Å². The Morgan fingerprint density at radius 3 is 2.65 bits per heavy atom. The van der Waals surface area contributed by atoms with E-state index < -0.39 is 0 Å². The van der Waals surface area contributed by atoms with Crippen LogP contribution < -0.4 is 10.1 Å². The van der Waals surface area contributed by atoms with Gasteiger partial charge in [0.1, 0.15) is 11.6 Å². The largest absolute Gasteiger partial charge is 0.496 e. The topological polar surface area (TPSA) is 33.6 Å². The van der Waals surface area contributed by atoms with Gasteiger partial charge in [-0.05, 0) is 28.8 Å². The molecule has 0 fully saturated rings. The van der Waals surface area contributed by atoms with Crippen molar-refractivity contribution < 1.29 is 4.74 Å². The van der Waals surface area contributed by atoms with Crippen molar-refractivity contribution in [1.29, 1.82) is 0 Å². The van der Waals surface area contributed by atoms with Gasteiger partial charge in [0.25, 0.3) is 0 Å². The predicted molar refractivity (Wildman–Crippen MR) is 112 cm³/mol. The highest BCUT2D eigenvalue weighted by Crippen LogP contribution is 2.40. The zero-order valence-electron chi connectivity index (χ0n) is 14.8. The number of nitrogens with one attached hydrogen (secondary N) is 1. The minimum absolute atomic E-state index is 0.112. The third-order valence-corrected chi connectivity index (χ3v) is 5.37. The van der Waals surface area contributed by atoms with Gasteiger partial charge in [-0.3, -0.25) is 4.99 Å². The second kappa shape index (κ2) is 7.42. The maximum Gasteiger partial charge on any atom is 0.128 e. The summed E-state index contributed by atoms with van der Waals surface area (Å²) in [5.74, 6) is 1.82. The average molecular weight is 362 g/mol. The van der Waals surface area contributed by atoms with Gasteiger partial charge >= 0.3 is 0 Å². The van der Waals surface area contributed by atoms with Crippen LogP contribution in [0.15, 0.2) is 65.7 Å². The Labute approximate surface area is 159 Å². The molecule has 1 aliphatic rings. The molecular weight excluding hydrogens is 340 g/mol. The summed E-state index contributed by atoms with van der Waals surface area (Å²) < 4.78 is 5.69. The zero-order chi connectivity index (χ0) is 17.9. The number of ether oxygens (including phenoxy) is 1. The van der Waals surface area contributed by atoms with Crippen LogP contribution in [0.4, 0.5) is 0 Å². The lowest BCUT2D eigenvalue weighted by molar-refractivity contribution is 0.411. The summed E-state index contributed by atoms with van der Waals surface area (Å²) in [5, 5.41) is 5.68. The van der Waals surface area contributed by atoms with Gasteiger partial charge in [-0.15, -0.1) is 0 Å². The summed E-state index contributed by atoms with van der Waals surface area (Å²) in [6, 6.07) is 20.9. The molecule has 0 saturated heterocycles. The first-order valence-electron chi connectivity index (χ1n) is 8.91. The predicted octanol–water partition coefficient (Wildman–Crippen LogP) is 4.61. The molecule has 3 aromatic rings. The molecule has 0 spiro atoms. The number of methoxy groups -OCH3 is 1. The Kier molecular flexibility index (Phi) is 4.85. The summed E-state index contributed by atoms with van der Waals surface area (Å²) in [4.78, 5) is 4.68. The van der Waals surface area contributed by atoms with Crippen LogP contribution in [-0.2, 0) is 0 Å². The maximum atomic E-state index is 5.69. The summed E-state index contributed by atoms with van der Waals surface area (Å²) in [6.45, 7) is 1.83. The average Bonchev–Trinajstić information content (AvgIpc) is 2.73. The van der Waals surface area contributed by atoms with Crippen molar-refractivity contribution in [2.75, 3.05) is 20.2 Å². The molecule has 4 heteroatoms. The third-order valence-electron chi connectivity index (χ3n) is 4.83. The minimum Gasteiger partial charge on any atom is -0.496 e. The molecule has 1 N–H and O–H groups in total. The fourth-order valence-electron chi connectivity index (χ4n) is 3.56. The van der Waals surface area contributed by atoms with Crippen LogP contribution in [0.3, 0.4) is 0 Å². The highest BCUT2D eigenvalue weighted by Gasteiger charge is 2.22. The Bertz CT molecular complexity index is 967. The molecule has 3 aromatic carbocycles. The standard InChI is InChI=1S/C22H22N2OS/c1-25-19-12-11-15-7-2-3-8-16(15)20(19)21(26)17-9-4-5-10-18(17)22-23-13-6-14-24-22/h2-5,7-12,21,26H,6,13-14H2,1H3,(H,23,24). The van der Waals surface area contributed by atoms with Gasteiger partial charge in [0.2, 0.25) is 0 Å². The molecule has 1 heterocycles. The van der Waals surface area contributed by atoms with Gasteiger partial charge in [-0.2, -0.15) is 12.6 Å². The van der Waals surface area contributed by atoms with Crippen molar-refractivity contribution in [3.63, 3.8) is 0 Å². The quantitative estimate of drug-likeness (QED) is 0.665. The number of hydrogen-bond acceptors (Lipinski definition) is 4. The van der Waals surface area contributed by atoms with E-state index in [1.54, 1.807) is 7.11 Å². The number of fused-ring (bicyclic) bond motifs is 1. The van der Waals surface area contributed by atoms with Gasteiger partial charge in [0.15, 0.2) is 0 Å². The summed E-state index contributed by atoms with van der Waals surface area (Å²) in [6.07, 6.45) is 1.08. The van der Waals surface area contributed by atoms with Gasteiger partial charge < -0.3 is 10.1 Å². The molecule has 0 aromatic heterocycles. The molecule has 0 aliphatic carbocycles. The second-order valence-corrected chi connectivity index (χ2v) is 6.92. The summed E-state index contributed by atoms with van der Waals surface area (Å²) in [7, 11) is 1.72. The van der Waals surface area contributed by atoms with E-state index in [4.69, 9.17) is 17.4 Å². The molecule has 1 atom stereocenters. The van der Waals surface area contributed by atoms with Crippen LogP contribution in [0, 0.1) is 0 Å². The number of aliphatic imine (C=N–C) groups is 1. The SMILES string of the molecule is COc1ccc2ccccc2c1C(S)c1ccccc1C1=NCCCN1. The fraction of sp³-hybridized carbons (Fsp3) is 0.227. The lowest BCUT2D eigenvalue weighted by Gasteiger charge is -2.23.